The summed E-state index contributed by atoms with van der Waals surface area (Å²) in [5.74, 6) is 0.0956. The standard InChI is InChI=1S/C32H36N4O2/c1-22-7-6-10-29-31(22)25(20-35(29)19-23-8-4-3-5-9-23)21-36(26-11-12-26)32(38)28-18-33-15-13-27(28)24-14-16-34(2)30(37)17-24/h3-10,14,16-17,20,26-28,33H,11-13,15,18-19,21H2,1-2H3/t27-,28+/m1/s1. The summed E-state index contributed by atoms with van der Waals surface area (Å²) in [6.45, 7) is 5.09. The summed E-state index contributed by atoms with van der Waals surface area (Å²) in [6.07, 6.45) is 7.06. The molecule has 2 aromatic heterocycles. The summed E-state index contributed by atoms with van der Waals surface area (Å²) in [7, 11) is 1.77. The van der Waals surface area contributed by atoms with E-state index in [0.717, 1.165) is 37.9 Å². The van der Waals surface area contributed by atoms with E-state index in [9.17, 15) is 9.59 Å². The fourth-order valence-corrected chi connectivity index (χ4v) is 6.14. The summed E-state index contributed by atoms with van der Waals surface area (Å²) in [6, 6.07) is 21.0. The van der Waals surface area contributed by atoms with Crippen molar-refractivity contribution in [2.45, 2.75) is 51.2 Å². The van der Waals surface area contributed by atoms with Crippen molar-refractivity contribution >= 4 is 16.8 Å². The Morgan fingerprint density at radius 2 is 1.87 bits per heavy atom. The highest BCUT2D eigenvalue weighted by atomic mass is 16.2. The first-order valence-corrected chi connectivity index (χ1v) is 13.8. The number of pyridine rings is 1. The normalized spacial score (nSPS) is 19.5. The average Bonchev–Trinajstić information content (AvgIpc) is 3.72. The van der Waals surface area contributed by atoms with Crippen LogP contribution < -0.4 is 10.9 Å². The molecule has 6 rings (SSSR count). The van der Waals surface area contributed by atoms with E-state index >= 15 is 0 Å². The molecule has 2 atom stereocenters. The lowest BCUT2D eigenvalue weighted by molar-refractivity contribution is -0.138. The molecule has 1 aliphatic heterocycles. The molecule has 1 amide bonds. The Morgan fingerprint density at radius 1 is 1.05 bits per heavy atom. The van der Waals surface area contributed by atoms with Crippen molar-refractivity contribution in [3.8, 4) is 0 Å². The van der Waals surface area contributed by atoms with E-state index in [1.54, 1.807) is 17.7 Å². The molecule has 2 fully saturated rings. The largest absolute Gasteiger partial charge is 0.343 e. The maximum Gasteiger partial charge on any atom is 0.250 e. The number of nitrogens with zero attached hydrogens (tertiary/aromatic N) is 3. The maximum atomic E-state index is 14.2. The third kappa shape index (κ3) is 4.81. The predicted octanol–water partition coefficient (Wildman–Crippen LogP) is 4.58. The van der Waals surface area contributed by atoms with Gasteiger partial charge in [0.2, 0.25) is 5.91 Å². The number of hydrogen-bond donors (Lipinski definition) is 1. The van der Waals surface area contributed by atoms with Crippen LogP contribution in [0.4, 0.5) is 0 Å². The van der Waals surface area contributed by atoms with Crippen LogP contribution in [0.5, 0.6) is 0 Å². The number of aryl methyl sites for hydroxylation is 2. The molecule has 1 saturated carbocycles. The van der Waals surface area contributed by atoms with Gasteiger partial charge in [-0.1, -0.05) is 42.5 Å². The van der Waals surface area contributed by atoms with Crippen LogP contribution in [-0.2, 0) is 24.9 Å². The highest BCUT2D eigenvalue weighted by Crippen LogP contribution is 2.37. The molecule has 2 aliphatic rings. The zero-order valence-corrected chi connectivity index (χ0v) is 22.3. The molecule has 38 heavy (non-hydrogen) atoms. The SMILES string of the molecule is Cc1cccc2c1c(CN(C(=O)[C@H]1CNCC[C@@H]1c1ccn(C)c(=O)c1)C1CC1)cn2Cc1ccccc1. The van der Waals surface area contributed by atoms with E-state index in [4.69, 9.17) is 0 Å². The summed E-state index contributed by atoms with van der Waals surface area (Å²) < 4.78 is 3.92. The van der Waals surface area contributed by atoms with Gasteiger partial charge in [0, 0.05) is 62.1 Å². The topological polar surface area (TPSA) is 59.3 Å². The predicted molar refractivity (Wildman–Crippen MR) is 151 cm³/mol. The van der Waals surface area contributed by atoms with Crippen LogP contribution in [0.1, 0.15) is 47.4 Å². The second kappa shape index (κ2) is 10.3. The van der Waals surface area contributed by atoms with Crippen LogP contribution in [0, 0.1) is 12.8 Å². The molecule has 0 bridgehead atoms. The molecule has 0 radical (unpaired) electrons. The third-order valence-corrected chi connectivity index (χ3v) is 8.36. The molecular weight excluding hydrogens is 472 g/mol. The van der Waals surface area contributed by atoms with Crippen molar-refractivity contribution in [2.75, 3.05) is 13.1 Å². The summed E-state index contributed by atoms with van der Waals surface area (Å²) in [5, 5.41) is 4.71. The first-order chi connectivity index (χ1) is 18.5. The van der Waals surface area contributed by atoms with Crippen molar-refractivity contribution in [3.63, 3.8) is 0 Å². The van der Waals surface area contributed by atoms with Gasteiger partial charge in [-0.05, 0) is 73.0 Å². The minimum atomic E-state index is -0.171. The van der Waals surface area contributed by atoms with Crippen molar-refractivity contribution in [3.05, 3.63) is 106 Å². The monoisotopic (exact) mass is 508 g/mol. The molecular formula is C32H36N4O2. The number of carbonyl (C=O) groups excluding carboxylic acids is 1. The molecule has 3 heterocycles. The Morgan fingerprint density at radius 3 is 2.63 bits per heavy atom. The van der Waals surface area contributed by atoms with Crippen LogP contribution in [0.25, 0.3) is 10.9 Å². The van der Waals surface area contributed by atoms with Gasteiger partial charge in [0.15, 0.2) is 0 Å². The van der Waals surface area contributed by atoms with Gasteiger partial charge >= 0.3 is 0 Å². The second-order valence-corrected chi connectivity index (χ2v) is 11.0. The Bertz CT molecular complexity index is 1520. The van der Waals surface area contributed by atoms with Crippen LogP contribution in [0.2, 0.25) is 0 Å². The van der Waals surface area contributed by atoms with Crippen molar-refractivity contribution in [2.24, 2.45) is 13.0 Å². The summed E-state index contributed by atoms with van der Waals surface area (Å²) in [4.78, 5) is 28.8. The highest BCUT2D eigenvalue weighted by molar-refractivity contribution is 5.88. The van der Waals surface area contributed by atoms with Crippen molar-refractivity contribution < 1.29 is 4.79 Å². The summed E-state index contributed by atoms with van der Waals surface area (Å²) in [5.41, 5.74) is 5.89. The summed E-state index contributed by atoms with van der Waals surface area (Å²) >= 11 is 0. The van der Waals surface area contributed by atoms with Crippen LogP contribution in [-0.4, -0.2) is 39.1 Å². The number of carbonyl (C=O) groups is 1. The molecule has 0 spiro atoms. The number of aromatic nitrogens is 2. The smallest absolute Gasteiger partial charge is 0.250 e. The molecule has 6 nitrogen and oxygen atoms in total. The lowest BCUT2D eigenvalue weighted by Crippen LogP contribution is -2.47. The number of benzene rings is 2. The molecule has 0 unspecified atom stereocenters. The van der Waals surface area contributed by atoms with Crippen molar-refractivity contribution in [1.29, 1.82) is 0 Å². The molecule has 6 heteroatoms. The Kier molecular flexibility index (Phi) is 6.66. The Hall–Kier alpha value is -3.64. The van der Waals surface area contributed by atoms with Crippen LogP contribution in [0.3, 0.4) is 0 Å². The minimum absolute atomic E-state index is 0.0204. The van der Waals surface area contributed by atoms with Gasteiger partial charge in [-0.2, -0.15) is 0 Å². The first-order valence-electron chi connectivity index (χ1n) is 13.8. The molecule has 196 valence electrons. The van der Waals surface area contributed by atoms with E-state index in [2.05, 4.69) is 70.4 Å². The van der Waals surface area contributed by atoms with Gasteiger partial charge in [0.25, 0.3) is 5.56 Å². The van der Waals surface area contributed by atoms with Crippen molar-refractivity contribution in [1.82, 2.24) is 19.4 Å². The van der Waals surface area contributed by atoms with Gasteiger partial charge < -0.3 is 19.4 Å². The van der Waals surface area contributed by atoms with Gasteiger partial charge in [0.05, 0.1) is 5.92 Å². The zero-order valence-electron chi connectivity index (χ0n) is 22.3. The lowest BCUT2D eigenvalue weighted by atomic mass is 9.80. The zero-order chi connectivity index (χ0) is 26.2. The number of piperidine rings is 1. The number of nitrogens with one attached hydrogen (secondary N) is 1. The molecule has 1 aliphatic carbocycles. The van der Waals surface area contributed by atoms with Crippen LogP contribution in [0.15, 0.2) is 77.9 Å². The molecule has 1 N–H and O–H groups in total. The van der Waals surface area contributed by atoms with E-state index in [-0.39, 0.29) is 23.3 Å². The molecule has 2 aromatic carbocycles. The fraction of sp³-hybridized carbons (Fsp3) is 0.375. The average molecular weight is 509 g/mol. The highest BCUT2D eigenvalue weighted by Gasteiger charge is 2.40. The Labute approximate surface area is 223 Å². The minimum Gasteiger partial charge on any atom is -0.343 e. The number of rotatable bonds is 7. The number of amides is 1. The van der Waals surface area contributed by atoms with Gasteiger partial charge in [0.1, 0.15) is 0 Å². The van der Waals surface area contributed by atoms with E-state index in [0.29, 0.717) is 19.1 Å². The lowest BCUT2D eigenvalue weighted by Gasteiger charge is -2.35. The fourth-order valence-electron chi connectivity index (χ4n) is 6.14. The quantitative estimate of drug-likeness (QED) is 0.398. The first kappa shape index (κ1) is 24.7. The van der Waals surface area contributed by atoms with E-state index < -0.39 is 0 Å². The molecule has 4 aromatic rings. The maximum absolute atomic E-state index is 14.2. The van der Waals surface area contributed by atoms with Gasteiger partial charge in [-0.3, -0.25) is 9.59 Å². The van der Waals surface area contributed by atoms with Gasteiger partial charge in [-0.15, -0.1) is 0 Å². The second-order valence-electron chi connectivity index (χ2n) is 11.0. The number of hydrogen-bond acceptors (Lipinski definition) is 3. The number of fused-ring (bicyclic) bond motifs is 1. The van der Waals surface area contributed by atoms with E-state index in [1.165, 1.54) is 27.6 Å². The van der Waals surface area contributed by atoms with Crippen LogP contribution >= 0.6 is 0 Å². The Balaban J connectivity index is 1.33. The van der Waals surface area contributed by atoms with E-state index in [1.807, 2.05) is 18.3 Å². The third-order valence-electron chi connectivity index (χ3n) is 8.36. The van der Waals surface area contributed by atoms with Gasteiger partial charge in [-0.25, -0.2) is 0 Å². The molecule has 1 saturated heterocycles.